The Morgan fingerprint density at radius 2 is 0.137 bits per heavy atom. The van der Waals surface area contributed by atoms with Crippen LogP contribution >= 0.6 is 0 Å². The molecule has 0 atom stereocenters. The van der Waals surface area contributed by atoms with E-state index in [9.17, 15) is 0 Å². The summed E-state index contributed by atoms with van der Waals surface area (Å²) in [6.07, 6.45) is 92.6. The van der Waals surface area contributed by atoms with Crippen molar-refractivity contribution in [2.24, 2.45) is 79.3 Å². The fourth-order valence-electron chi connectivity index (χ4n) is 20.0. The zero-order chi connectivity index (χ0) is 71.0. The molecule has 0 heteroatoms. The lowest BCUT2D eigenvalue weighted by Crippen LogP contribution is -2.19. The Balaban J connectivity index is 0.000000521. The Kier molecular flexibility index (Phi) is 52.6. The molecule has 0 saturated heterocycles. The second-order valence-electron chi connectivity index (χ2n) is 40.9. The largest absolute Gasteiger partial charge is 0.0630 e. The van der Waals surface area contributed by atoms with E-state index >= 15 is 0 Å². The van der Waals surface area contributed by atoms with Gasteiger partial charge >= 0.3 is 0 Å². The van der Waals surface area contributed by atoms with Crippen molar-refractivity contribution >= 4 is 0 Å². The molecule has 0 unspecified atom stereocenters. The van der Waals surface area contributed by atoms with Crippen LogP contribution in [0.1, 0.15) is 531 Å². The molecule has 0 N–H and O–H groups in total. The molecule has 14 aliphatic rings. The summed E-state index contributed by atoms with van der Waals surface area (Å²) in [5.41, 5.74) is 6.16. The molecule has 0 bridgehead atoms. The first kappa shape index (κ1) is 93.0. The SMILES string of the molecule is C1CCC2(C1)CCCC2.C1CCC2(C1)CCCC2.C1CCC2(C1)CCCC2.C1CCC2(CC1)CCCC2.C1CCC2(CC1)CCCC2.C1CCC2(CC1)CCCC2.C1CCC2(CC1)CCCC2.CC(C)C.CC(C)C.CC(C)C.CC(C)C.CC(C)C.CC(C)C.CC(C)C. The van der Waals surface area contributed by atoms with Crippen molar-refractivity contribution in [3.63, 3.8) is 0 Å². The maximum atomic E-state index is 2.17. The summed E-state index contributed by atoms with van der Waals surface area (Å²) in [4.78, 5) is 0. The van der Waals surface area contributed by atoms with E-state index in [0.29, 0.717) is 0 Å². The molecular weight excluding hydrogens is 1140 g/mol. The highest BCUT2D eigenvalue weighted by molar-refractivity contribution is 4.92. The van der Waals surface area contributed by atoms with Gasteiger partial charge in [-0.15, -0.1) is 0 Å². The average molecular weight is 1330 g/mol. The molecule has 7 spiro atoms. The summed E-state index contributed by atoms with van der Waals surface area (Å²) < 4.78 is 0. The molecule has 0 aliphatic heterocycles. The average Bonchev–Trinajstić information content (AvgIpc) is 1.90. The van der Waals surface area contributed by atoms with Gasteiger partial charge in [-0.25, -0.2) is 0 Å². The minimum atomic E-state index is 0.833. The van der Waals surface area contributed by atoms with E-state index in [4.69, 9.17) is 0 Å². The second kappa shape index (κ2) is 53.7. The first-order valence-electron chi connectivity index (χ1n) is 45.0. The third-order valence-corrected chi connectivity index (χ3v) is 24.3. The van der Waals surface area contributed by atoms with E-state index in [0.717, 1.165) is 79.3 Å². The van der Waals surface area contributed by atoms with Crippen LogP contribution < -0.4 is 0 Å². The number of hydrogen-bond acceptors (Lipinski definition) is 0. The van der Waals surface area contributed by atoms with Crippen molar-refractivity contribution in [3.8, 4) is 0 Å². The van der Waals surface area contributed by atoms with Crippen LogP contribution in [0.4, 0.5) is 0 Å². The minimum Gasteiger partial charge on any atom is -0.0630 e. The predicted octanol–water partition coefficient (Wildman–Crippen LogP) is 35.0. The van der Waals surface area contributed by atoms with Crippen LogP contribution in [0.15, 0.2) is 0 Å². The molecule has 0 radical (unpaired) electrons. The zero-order valence-electron chi connectivity index (χ0n) is 71.0. The second-order valence-corrected chi connectivity index (χ2v) is 40.9. The summed E-state index contributed by atoms with van der Waals surface area (Å²) in [6, 6.07) is 0. The van der Waals surface area contributed by atoms with Crippen LogP contribution in [0, 0.1) is 79.3 Å². The van der Waals surface area contributed by atoms with E-state index in [1.807, 2.05) is 0 Å². The zero-order valence-corrected chi connectivity index (χ0v) is 71.0. The molecule has 0 aromatic heterocycles. The van der Waals surface area contributed by atoms with Gasteiger partial charge in [0, 0.05) is 0 Å². The maximum absolute atomic E-state index is 2.17. The third-order valence-electron chi connectivity index (χ3n) is 24.3. The summed E-state index contributed by atoms with van der Waals surface area (Å²) in [5, 5.41) is 0. The van der Waals surface area contributed by atoms with Gasteiger partial charge < -0.3 is 0 Å². The minimum absolute atomic E-state index is 0.833. The molecule has 14 rings (SSSR count). The molecule has 14 fully saturated rings. The fraction of sp³-hybridized carbons (Fsp3) is 1.00. The molecule has 0 nitrogen and oxygen atoms in total. The van der Waals surface area contributed by atoms with Gasteiger partial charge in [-0.3, -0.25) is 0 Å². The van der Waals surface area contributed by atoms with E-state index in [1.54, 1.807) is 180 Å². The molecule has 0 amide bonds. The topological polar surface area (TPSA) is 0 Å². The van der Waals surface area contributed by atoms with Crippen molar-refractivity contribution in [2.45, 2.75) is 531 Å². The van der Waals surface area contributed by atoms with Crippen LogP contribution in [0.3, 0.4) is 0 Å². The van der Waals surface area contributed by atoms with Gasteiger partial charge in [0.15, 0.2) is 0 Å². The molecule has 14 aliphatic carbocycles. The van der Waals surface area contributed by atoms with Crippen molar-refractivity contribution in [1.29, 1.82) is 0 Å². The summed E-state index contributed by atoms with van der Waals surface area (Å²) in [5.74, 6) is 5.83. The quantitative estimate of drug-likeness (QED) is 0.227. The molecule has 570 valence electrons. The van der Waals surface area contributed by atoms with Crippen molar-refractivity contribution < 1.29 is 0 Å². The Hall–Kier alpha value is 0. The van der Waals surface area contributed by atoms with E-state index in [-0.39, 0.29) is 0 Å². The van der Waals surface area contributed by atoms with Gasteiger partial charge in [0.1, 0.15) is 0 Å². The fourth-order valence-corrected chi connectivity index (χ4v) is 20.0. The van der Waals surface area contributed by atoms with Gasteiger partial charge in [-0.05, 0) is 259 Å². The molecule has 0 aromatic carbocycles. The van der Waals surface area contributed by atoms with Crippen molar-refractivity contribution in [1.82, 2.24) is 0 Å². The first-order chi connectivity index (χ1) is 45.0. The first-order valence-corrected chi connectivity index (χ1v) is 45.0. The van der Waals surface area contributed by atoms with Crippen LogP contribution in [0.2, 0.25) is 0 Å². The Morgan fingerprint density at radius 1 is 0.0947 bits per heavy atom. The highest BCUT2D eigenvalue weighted by atomic mass is 14.5. The number of rotatable bonds is 0. The summed E-state index contributed by atoms with van der Waals surface area (Å²) in [6.45, 7) is 45.5. The summed E-state index contributed by atoms with van der Waals surface area (Å²) in [7, 11) is 0. The van der Waals surface area contributed by atoms with Gasteiger partial charge in [0.05, 0.1) is 0 Å². The van der Waals surface area contributed by atoms with E-state index in [2.05, 4.69) is 145 Å². The van der Waals surface area contributed by atoms with Crippen molar-refractivity contribution in [3.05, 3.63) is 0 Å². The predicted molar refractivity (Wildman–Crippen MR) is 438 cm³/mol. The smallest absolute Gasteiger partial charge is 0.0297 e. The molecule has 0 aromatic rings. The Morgan fingerprint density at radius 3 is 0.189 bits per heavy atom. The lowest BCUT2D eigenvalue weighted by atomic mass is 9.73. The van der Waals surface area contributed by atoms with Crippen LogP contribution in [-0.2, 0) is 0 Å². The van der Waals surface area contributed by atoms with Crippen LogP contribution in [0.5, 0.6) is 0 Å². The lowest BCUT2D eigenvalue weighted by molar-refractivity contribution is 0.197. The Bertz CT molecular complexity index is 1270. The molecular formula is C95H190. The van der Waals surface area contributed by atoms with Crippen LogP contribution in [0.25, 0.3) is 0 Å². The highest BCUT2D eigenvalue weighted by Crippen LogP contribution is 2.54. The van der Waals surface area contributed by atoms with Crippen molar-refractivity contribution in [2.75, 3.05) is 0 Å². The number of hydrogen-bond donors (Lipinski definition) is 0. The third kappa shape index (κ3) is 47.1. The van der Waals surface area contributed by atoms with E-state index < -0.39 is 0 Å². The molecule has 95 heavy (non-hydrogen) atoms. The molecule has 14 saturated carbocycles. The van der Waals surface area contributed by atoms with Gasteiger partial charge in [0.2, 0.25) is 0 Å². The highest BCUT2D eigenvalue weighted by Gasteiger charge is 2.40. The Labute approximate surface area is 606 Å². The normalized spacial score (nSPS) is 24.9. The van der Waals surface area contributed by atoms with Gasteiger partial charge in [-0.2, -0.15) is 0 Å². The van der Waals surface area contributed by atoms with Crippen LogP contribution in [-0.4, -0.2) is 0 Å². The van der Waals surface area contributed by atoms with E-state index in [1.165, 1.54) is 205 Å². The maximum Gasteiger partial charge on any atom is -0.0297 e. The van der Waals surface area contributed by atoms with Gasteiger partial charge in [-0.1, -0.05) is 351 Å². The monoisotopic (exact) mass is 1330 g/mol. The summed E-state index contributed by atoms with van der Waals surface area (Å²) >= 11 is 0. The van der Waals surface area contributed by atoms with Gasteiger partial charge in [0.25, 0.3) is 0 Å². The molecule has 0 heterocycles. The lowest BCUT2D eigenvalue weighted by Gasteiger charge is -2.32. The standard InChI is InChI=1S/4C10H18.3C9H16.7C4H10/c4*1-2-6-10(7-3-1)8-4-5-9-10;3*1-2-6-9(5-1)7-3-4-8-9;7*1-4(2)3/h4*1-9H2;3*1-8H2;7*4H,1-3H3.